The van der Waals surface area contributed by atoms with Gasteiger partial charge in [-0.25, -0.2) is 0 Å². The predicted molar refractivity (Wildman–Crippen MR) is 45.6 cm³/mol. The summed E-state index contributed by atoms with van der Waals surface area (Å²) in [6, 6.07) is 0. The van der Waals surface area contributed by atoms with Crippen LogP contribution >= 0.6 is 0 Å². The molecule has 0 aliphatic carbocycles. The molecule has 0 saturated carbocycles. The number of alkyl halides is 6. The number of carbonyl (C=O) groups is 2. The van der Waals surface area contributed by atoms with Crippen molar-refractivity contribution in [1.82, 2.24) is 4.90 Å². The number of hydrogen-bond acceptors (Lipinski definition) is 2. The van der Waals surface area contributed by atoms with Crippen LogP contribution < -0.4 is 0 Å². The molecule has 106 valence electrons. The minimum atomic E-state index is -5.33. The first-order chi connectivity index (χ1) is 7.93. The molecule has 0 heterocycles. The molecular weight excluding hydrogens is 272 g/mol. The van der Waals surface area contributed by atoms with E-state index in [1.54, 1.807) is 0 Å². The lowest BCUT2D eigenvalue weighted by Crippen LogP contribution is -2.43. The van der Waals surface area contributed by atoms with E-state index in [0.717, 1.165) is 0 Å². The van der Waals surface area contributed by atoms with E-state index in [9.17, 15) is 35.9 Å². The fourth-order valence-electron chi connectivity index (χ4n) is 0.987. The van der Waals surface area contributed by atoms with E-state index < -0.39 is 50.2 Å². The normalized spacial score (nSPS) is 12.3. The van der Waals surface area contributed by atoms with Gasteiger partial charge in [0.25, 0.3) is 0 Å². The van der Waals surface area contributed by atoms with Gasteiger partial charge in [0.1, 0.15) is 0 Å². The van der Waals surface area contributed by atoms with E-state index in [-0.39, 0.29) is 4.90 Å². The molecule has 0 aliphatic rings. The zero-order chi connectivity index (χ0) is 14.6. The highest BCUT2D eigenvalue weighted by Crippen LogP contribution is 2.23. The van der Waals surface area contributed by atoms with Crippen LogP contribution in [0.5, 0.6) is 0 Å². The number of aliphatic carboxylic acids is 1. The van der Waals surface area contributed by atoms with Gasteiger partial charge < -0.3 is 10.0 Å². The number of nitrogens with zero attached hydrogens (tertiary/aromatic N) is 1. The molecule has 0 fully saturated rings. The molecule has 0 atom stereocenters. The smallest absolute Gasteiger partial charge is 0.471 e. The molecule has 1 amide bonds. The zero-order valence-corrected chi connectivity index (χ0v) is 8.81. The summed E-state index contributed by atoms with van der Waals surface area (Å²) in [5.74, 6) is -3.99. The van der Waals surface area contributed by atoms with E-state index in [0.29, 0.717) is 0 Å². The first-order valence-corrected chi connectivity index (χ1v) is 4.58. The third-order valence-corrected chi connectivity index (χ3v) is 1.79. The van der Waals surface area contributed by atoms with Crippen molar-refractivity contribution in [2.24, 2.45) is 0 Å². The van der Waals surface area contributed by atoms with Gasteiger partial charge in [0.05, 0.1) is 12.8 Å². The van der Waals surface area contributed by atoms with Crippen LogP contribution in [0.4, 0.5) is 26.3 Å². The fraction of sp³-hybridized carbons (Fsp3) is 0.750. The molecule has 0 radical (unpaired) electrons. The summed E-state index contributed by atoms with van der Waals surface area (Å²) in [6.07, 6.45) is -12.6. The lowest BCUT2D eigenvalue weighted by molar-refractivity contribution is -0.188. The van der Waals surface area contributed by atoms with Crippen molar-refractivity contribution in [3.8, 4) is 0 Å². The quantitative estimate of drug-likeness (QED) is 0.782. The molecule has 0 aromatic rings. The number of carbonyl (C=O) groups excluding carboxylic acids is 1. The Balaban J connectivity index is 4.62. The van der Waals surface area contributed by atoms with Crippen LogP contribution in [0.3, 0.4) is 0 Å². The van der Waals surface area contributed by atoms with Crippen molar-refractivity contribution in [3.63, 3.8) is 0 Å². The van der Waals surface area contributed by atoms with Crippen LogP contribution in [-0.4, -0.2) is 47.3 Å². The highest BCUT2D eigenvalue weighted by molar-refractivity contribution is 5.82. The Morgan fingerprint density at radius 1 is 1.00 bits per heavy atom. The topological polar surface area (TPSA) is 57.6 Å². The number of hydrogen-bond donors (Lipinski definition) is 1. The summed E-state index contributed by atoms with van der Waals surface area (Å²) in [5.41, 5.74) is 0. The van der Waals surface area contributed by atoms with Crippen LogP contribution in [0.2, 0.25) is 0 Å². The van der Waals surface area contributed by atoms with E-state index in [1.165, 1.54) is 0 Å². The molecule has 0 aromatic heterocycles. The number of halogens is 6. The van der Waals surface area contributed by atoms with Crippen LogP contribution in [0.25, 0.3) is 0 Å². The van der Waals surface area contributed by atoms with Crippen LogP contribution in [0, 0.1) is 0 Å². The molecule has 0 bridgehead atoms. The Morgan fingerprint density at radius 3 is 1.83 bits per heavy atom. The summed E-state index contributed by atoms with van der Waals surface area (Å²) in [7, 11) is 0. The second-order valence-electron chi connectivity index (χ2n) is 3.30. The van der Waals surface area contributed by atoms with Crippen molar-refractivity contribution < 1.29 is 41.0 Å². The van der Waals surface area contributed by atoms with Gasteiger partial charge in [-0.3, -0.25) is 9.59 Å². The van der Waals surface area contributed by atoms with Gasteiger partial charge in [0.2, 0.25) is 0 Å². The molecule has 1 N–H and O–H groups in total. The van der Waals surface area contributed by atoms with Crippen LogP contribution in [0.15, 0.2) is 0 Å². The molecule has 4 nitrogen and oxygen atoms in total. The zero-order valence-electron chi connectivity index (χ0n) is 8.81. The van der Waals surface area contributed by atoms with Crippen LogP contribution in [-0.2, 0) is 9.59 Å². The second-order valence-corrected chi connectivity index (χ2v) is 3.30. The summed E-state index contributed by atoms with van der Waals surface area (Å²) in [4.78, 5) is 20.7. The highest BCUT2D eigenvalue weighted by Gasteiger charge is 2.43. The van der Waals surface area contributed by atoms with Gasteiger partial charge in [-0.15, -0.1) is 0 Å². The summed E-state index contributed by atoms with van der Waals surface area (Å²) >= 11 is 0. The average molecular weight is 281 g/mol. The number of amides is 1. The Hall–Kier alpha value is -1.48. The SMILES string of the molecule is O=C(O)CCN(CCC(F)(F)F)C(=O)C(F)(F)F. The summed E-state index contributed by atoms with van der Waals surface area (Å²) < 4.78 is 71.6. The highest BCUT2D eigenvalue weighted by atomic mass is 19.4. The Bertz CT molecular complexity index is 311. The number of rotatable bonds is 5. The third kappa shape index (κ3) is 6.97. The lowest BCUT2D eigenvalue weighted by atomic mass is 10.3. The van der Waals surface area contributed by atoms with Crippen molar-refractivity contribution in [2.45, 2.75) is 25.2 Å². The summed E-state index contributed by atoms with van der Waals surface area (Å²) in [6.45, 7) is -2.15. The van der Waals surface area contributed by atoms with Gasteiger partial charge in [0.15, 0.2) is 0 Å². The van der Waals surface area contributed by atoms with Crippen molar-refractivity contribution in [3.05, 3.63) is 0 Å². The van der Waals surface area contributed by atoms with Gasteiger partial charge >= 0.3 is 24.2 Å². The molecule has 0 aliphatic heterocycles. The minimum Gasteiger partial charge on any atom is -0.481 e. The standard InChI is InChI=1S/C8H9F6NO3/c9-7(10,11)2-4-15(3-1-5(16)17)6(18)8(12,13)14/h1-4H2,(H,16,17). The number of carboxylic acids is 1. The van der Waals surface area contributed by atoms with E-state index in [4.69, 9.17) is 5.11 Å². The maximum Gasteiger partial charge on any atom is 0.471 e. The molecule has 0 spiro atoms. The van der Waals surface area contributed by atoms with Gasteiger partial charge in [0, 0.05) is 13.1 Å². The maximum atomic E-state index is 12.0. The van der Waals surface area contributed by atoms with E-state index >= 15 is 0 Å². The second kappa shape index (κ2) is 5.91. The molecule has 0 rings (SSSR count). The Labute approximate surface area is 97.2 Å². The molecular formula is C8H9F6NO3. The van der Waals surface area contributed by atoms with E-state index in [2.05, 4.69) is 0 Å². The largest absolute Gasteiger partial charge is 0.481 e. The summed E-state index contributed by atoms with van der Waals surface area (Å²) in [5, 5.41) is 8.23. The first-order valence-electron chi connectivity index (χ1n) is 4.58. The maximum absolute atomic E-state index is 12.0. The third-order valence-electron chi connectivity index (χ3n) is 1.79. The Kier molecular flexibility index (Phi) is 5.43. The van der Waals surface area contributed by atoms with Crippen molar-refractivity contribution in [2.75, 3.05) is 13.1 Å². The van der Waals surface area contributed by atoms with Crippen molar-refractivity contribution in [1.29, 1.82) is 0 Å². The lowest BCUT2D eigenvalue weighted by Gasteiger charge is -2.23. The molecule has 10 heteroatoms. The first kappa shape index (κ1) is 16.5. The monoisotopic (exact) mass is 281 g/mol. The minimum absolute atomic E-state index is 0.165. The van der Waals surface area contributed by atoms with Gasteiger partial charge in [-0.1, -0.05) is 0 Å². The van der Waals surface area contributed by atoms with Gasteiger partial charge in [-0.2, -0.15) is 26.3 Å². The Morgan fingerprint density at radius 2 is 1.50 bits per heavy atom. The van der Waals surface area contributed by atoms with Crippen LogP contribution in [0.1, 0.15) is 12.8 Å². The molecule has 18 heavy (non-hydrogen) atoms. The fourth-order valence-corrected chi connectivity index (χ4v) is 0.987. The molecule has 0 saturated heterocycles. The van der Waals surface area contributed by atoms with Crippen molar-refractivity contribution >= 4 is 11.9 Å². The number of carboxylic acid groups (broad SMARTS) is 1. The van der Waals surface area contributed by atoms with E-state index in [1.807, 2.05) is 0 Å². The molecule has 0 aromatic carbocycles. The average Bonchev–Trinajstić information content (AvgIpc) is 2.13. The molecule has 0 unspecified atom stereocenters. The predicted octanol–water partition coefficient (Wildman–Crippen LogP) is 1.80. The van der Waals surface area contributed by atoms with Gasteiger partial charge in [-0.05, 0) is 0 Å².